The van der Waals surface area contributed by atoms with Crippen molar-refractivity contribution >= 4 is 67.5 Å². The van der Waals surface area contributed by atoms with Gasteiger partial charge in [0, 0.05) is 0 Å². The minimum absolute atomic E-state index is 0.379. The molecule has 1 aliphatic rings. The Morgan fingerprint density at radius 2 is 1.84 bits per heavy atom. The molecule has 1 saturated heterocycles. The van der Waals surface area contributed by atoms with Gasteiger partial charge >= 0.3 is 172 Å². The van der Waals surface area contributed by atoms with E-state index in [0.717, 1.165) is 31.5 Å². The van der Waals surface area contributed by atoms with Crippen molar-refractivity contribution in [2.75, 3.05) is 13.1 Å². The van der Waals surface area contributed by atoms with Crippen molar-refractivity contribution in [2.45, 2.75) is 29.2 Å². The maximum atomic E-state index is 12.2. The summed E-state index contributed by atoms with van der Waals surface area (Å²) < 4.78 is -1.11. The normalized spacial score (nSPS) is 17.6. The molecule has 4 nitrogen and oxygen atoms in total. The summed E-state index contributed by atoms with van der Waals surface area (Å²) in [6, 6.07) is 9.48. The van der Waals surface area contributed by atoms with Crippen molar-refractivity contribution in [1.29, 1.82) is 0 Å². The van der Waals surface area contributed by atoms with Gasteiger partial charge in [-0.25, -0.2) is 0 Å². The van der Waals surface area contributed by atoms with Crippen LogP contribution in [0.1, 0.15) is 24.8 Å². The Kier molecular flexibility index (Phi) is 8.11. The van der Waals surface area contributed by atoms with Crippen LogP contribution >= 0.6 is 34.8 Å². The first-order chi connectivity index (χ1) is 11.9. The molecule has 2 rings (SSSR count). The molecule has 8 heteroatoms. The third-order valence-corrected chi connectivity index (χ3v) is 5.06. The second-order valence-corrected chi connectivity index (χ2v) is 8.79. The number of amidine groups is 1. The first-order valence-corrected chi connectivity index (χ1v) is 9.95. The number of halogens is 3. The molecule has 0 spiro atoms. The van der Waals surface area contributed by atoms with Gasteiger partial charge in [-0.2, -0.15) is 0 Å². The van der Waals surface area contributed by atoms with Crippen molar-refractivity contribution in [3.63, 3.8) is 0 Å². The van der Waals surface area contributed by atoms with E-state index in [0.29, 0.717) is 4.73 Å². The number of piperidine rings is 1. The van der Waals surface area contributed by atoms with Crippen molar-refractivity contribution in [3.05, 3.63) is 42.0 Å². The van der Waals surface area contributed by atoms with Crippen molar-refractivity contribution in [3.8, 4) is 0 Å². The van der Waals surface area contributed by atoms with E-state index in [2.05, 4.69) is 31.2 Å². The molecule has 1 atom stereocenters. The molecule has 0 aliphatic carbocycles. The molecule has 1 heterocycles. The number of nitrogens with one attached hydrogen (secondary N) is 1. The number of carbonyl (C=O) groups excluding carboxylic acids is 1. The molecular weight excluding hydrogens is 448 g/mol. The fourth-order valence-corrected chi connectivity index (χ4v) is 3.30. The first kappa shape index (κ1) is 20.6. The summed E-state index contributed by atoms with van der Waals surface area (Å²) in [6.45, 7) is 1.81. The molecule has 0 aromatic heterocycles. The van der Waals surface area contributed by atoms with Gasteiger partial charge in [0.1, 0.15) is 0 Å². The number of nitrogens with zero attached hydrogens (tertiary/aromatic N) is 2. The van der Waals surface area contributed by atoms with Crippen LogP contribution in [-0.2, 0) is 4.79 Å². The molecule has 1 aromatic carbocycles. The minimum atomic E-state index is -1.75. The quantitative estimate of drug-likeness (QED) is 0.243. The summed E-state index contributed by atoms with van der Waals surface area (Å²) in [5.41, 5.74) is 0.907. The molecule has 1 aliphatic heterocycles. The molecule has 1 fully saturated rings. The number of hydrogen-bond acceptors (Lipinski definition) is 2. The summed E-state index contributed by atoms with van der Waals surface area (Å²) in [5.74, 6) is -0.379. The molecule has 25 heavy (non-hydrogen) atoms. The van der Waals surface area contributed by atoms with Crippen LogP contribution in [0.4, 0.5) is 0 Å². The molecule has 0 bridgehead atoms. The second-order valence-electron chi connectivity index (χ2n) is 5.66. The fourth-order valence-electron chi connectivity index (χ4n) is 2.38. The number of likely N-dealkylation sites (tertiary alicyclic amines) is 1. The van der Waals surface area contributed by atoms with Gasteiger partial charge in [0.15, 0.2) is 0 Å². The number of hydrogen-bond donors (Lipinski definition) is 1. The molecular formula is C17H19Cl3N3OSe. The van der Waals surface area contributed by atoms with Crippen LogP contribution in [-0.4, -0.2) is 54.6 Å². The van der Waals surface area contributed by atoms with E-state index in [1.165, 1.54) is 12.5 Å². The van der Waals surface area contributed by atoms with Crippen molar-refractivity contribution in [2.24, 2.45) is 4.99 Å². The fraction of sp³-hybridized carbons (Fsp3) is 0.412. The van der Waals surface area contributed by atoms with E-state index in [1.807, 2.05) is 30.3 Å². The van der Waals surface area contributed by atoms with E-state index in [1.54, 1.807) is 6.08 Å². The Bertz CT molecular complexity index is 626. The third-order valence-electron chi connectivity index (χ3n) is 3.68. The third kappa shape index (κ3) is 7.20. The maximum absolute atomic E-state index is 12.2. The van der Waals surface area contributed by atoms with E-state index in [4.69, 9.17) is 34.8 Å². The number of alkyl halides is 3. The molecule has 1 radical (unpaired) electrons. The molecule has 1 N–H and O–H groups in total. The Hall–Kier alpha value is -0.711. The predicted octanol–water partition coefficient (Wildman–Crippen LogP) is 3.52. The van der Waals surface area contributed by atoms with Crippen LogP contribution in [0.5, 0.6) is 0 Å². The summed E-state index contributed by atoms with van der Waals surface area (Å²) in [5, 5.41) is 2.64. The summed E-state index contributed by atoms with van der Waals surface area (Å²) >= 11 is 20.9. The number of amides is 1. The van der Waals surface area contributed by atoms with Gasteiger partial charge in [-0.1, -0.05) is 0 Å². The van der Waals surface area contributed by atoms with Crippen LogP contribution in [0.25, 0.3) is 6.08 Å². The van der Waals surface area contributed by atoms with Gasteiger partial charge in [-0.3, -0.25) is 0 Å². The number of carbonyl (C=O) groups is 1. The van der Waals surface area contributed by atoms with Crippen LogP contribution < -0.4 is 5.32 Å². The van der Waals surface area contributed by atoms with Gasteiger partial charge in [0.25, 0.3) is 0 Å². The summed E-state index contributed by atoms with van der Waals surface area (Å²) in [7, 11) is 0. The molecule has 1 unspecified atom stereocenters. The van der Waals surface area contributed by atoms with Crippen LogP contribution in [0.15, 0.2) is 41.4 Å². The number of rotatable bonds is 4. The van der Waals surface area contributed by atoms with E-state index in [9.17, 15) is 4.79 Å². The second kappa shape index (κ2) is 9.84. The Balaban J connectivity index is 2.04. The molecule has 135 valence electrons. The Morgan fingerprint density at radius 3 is 2.44 bits per heavy atom. The SMILES string of the molecule is O=C(C=Cc1ccccc1)NC(N=C([Se])N1CCCCC1)C(Cl)(Cl)Cl. The van der Waals surface area contributed by atoms with Gasteiger partial charge in [-0.05, 0) is 0 Å². The van der Waals surface area contributed by atoms with Crippen molar-refractivity contribution in [1.82, 2.24) is 10.2 Å². The molecule has 1 aromatic rings. The zero-order valence-corrected chi connectivity index (χ0v) is 17.5. The van der Waals surface area contributed by atoms with Gasteiger partial charge < -0.3 is 0 Å². The predicted molar refractivity (Wildman–Crippen MR) is 106 cm³/mol. The summed E-state index contributed by atoms with van der Waals surface area (Å²) in [4.78, 5) is 18.7. The van der Waals surface area contributed by atoms with E-state index in [-0.39, 0.29) is 5.91 Å². The van der Waals surface area contributed by atoms with Crippen LogP contribution in [0.2, 0.25) is 0 Å². The molecule has 0 saturated carbocycles. The number of benzene rings is 1. The van der Waals surface area contributed by atoms with Gasteiger partial charge in [0.2, 0.25) is 0 Å². The van der Waals surface area contributed by atoms with Crippen LogP contribution in [0.3, 0.4) is 0 Å². The first-order valence-electron chi connectivity index (χ1n) is 7.96. The van der Waals surface area contributed by atoms with Crippen LogP contribution in [0, 0.1) is 0 Å². The monoisotopic (exact) mass is 466 g/mol. The van der Waals surface area contributed by atoms with Gasteiger partial charge in [0.05, 0.1) is 0 Å². The topological polar surface area (TPSA) is 44.7 Å². The number of aliphatic imine (C=N–C) groups is 1. The summed E-state index contributed by atoms with van der Waals surface area (Å²) in [6.07, 6.45) is 5.52. The average Bonchev–Trinajstić information content (AvgIpc) is 2.60. The molecule has 1 amide bonds. The Morgan fingerprint density at radius 1 is 1.20 bits per heavy atom. The average molecular weight is 467 g/mol. The van der Waals surface area contributed by atoms with E-state index < -0.39 is 9.96 Å². The zero-order valence-electron chi connectivity index (χ0n) is 13.5. The van der Waals surface area contributed by atoms with Crippen molar-refractivity contribution < 1.29 is 4.79 Å². The Labute approximate surface area is 171 Å². The van der Waals surface area contributed by atoms with Gasteiger partial charge in [-0.15, -0.1) is 0 Å². The zero-order chi connectivity index (χ0) is 18.3. The van der Waals surface area contributed by atoms with E-state index >= 15 is 0 Å². The standard InChI is InChI=1S/C17H19Cl3N3OSe/c18-17(19,20)15(22-16(25)23-11-5-2-6-12-23)21-14(24)10-9-13-7-3-1-4-8-13/h1,3-4,7-10,15H,2,5-6,11-12H2,(H,21,24).